The largest absolute Gasteiger partial charge is 0.494 e. The third-order valence-electron chi connectivity index (χ3n) is 4.24. The van der Waals surface area contributed by atoms with Crippen molar-refractivity contribution >= 4 is 11.6 Å². The highest BCUT2D eigenvalue weighted by Crippen LogP contribution is 2.39. The summed E-state index contributed by atoms with van der Waals surface area (Å²) in [6.45, 7) is 0. The van der Waals surface area contributed by atoms with Gasteiger partial charge in [-0.2, -0.15) is 0 Å². The normalized spacial score (nSPS) is 13.1. The minimum atomic E-state index is -1.82. The van der Waals surface area contributed by atoms with E-state index in [9.17, 15) is 36.2 Å². The number of rotatable bonds is 2. The second kappa shape index (κ2) is 5.98. The van der Waals surface area contributed by atoms with E-state index >= 15 is 0 Å². The van der Waals surface area contributed by atoms with E-state index in [0.29, 0.717) is 12.1 Å². The van der Waals surface area contributed by atoms with Crippen LogP contribution in [0.2, 0.25) is 0 Å². The van der Waals surface area contributed by atoms with E-state index in [-0.39, 0.29) is 0 Å². The number of aliphatic imine (C=N–C) groups is 1. The Morgan fingerprint density at radius 1 is 0.750 bits per heavy atom. The molecule has 1 aliphatic rings. The van der Waals surface area contributed by atoms with Gasteiger partial charge in [-0.05, 0) is 24.3 Å². The van der Waals surface area contributed by atoms with Crippen molar-refractivity contribution in [3.8, 4) is 17.1 Å². The summed E-state index contributed by atoms with van der Waals surface area (Å²) in [5.41, 5.74) is -3.05. The first-order chi connectivity index (χ1) is 13.2. The fourth-order valence-corrected chi connectivity index (χ4v) is 2.97. The second-order valence-corrected chi connectivity index (χ2v) is 5.81. The van der Waals surface area contributed by atoms with Crippen molar-refractivity contribution in [1.29, 1.82) is 0 Å². The van der Waals surface area contributed by atoms with Gasteiger partial charge in [0.15, 0.2) is 40.8 Å². The number of hydrogen-bond acceptors (Lipinski definition) is 2. The van der Waals surface area contributed by atoms with Gasteiger partial charge >= 0.3 is 0 Å². The van der Waals surface area contributed by atoms with E-state index in [1.807, 2.05) is 0 Å². The Kier molecular flexibility index (Phi) is 3.81. The number of nitrogens with one attached hydrogen (secondary N) is 1. The Bertz CT molecular complexity index is 1220. The second-order valence-electron chi connectivity index (χ2n) is 5.81. The van der Waals surface area contributed by atoms with Gasteiger partial charge in [-0.3, -0.25) is 4.79 Å². The first-order valence-electron chi connectivity index (χ1n) is 7.58. The van der Waals surface area contributed by atoms with Gasteiger partial charge in [0.1, 0.15) is 0 Å². The predicted molar refractivity (Wildman–Crippen MR) is 84.1 cm³/mol. The molecule has 0 saturated carbocycles. The average molecular weight is 396 g/mol. The van der Waals surface area contributed by atoms with Crippen LogP contribution in [0.25, 0.3) is 11.3 Å². The van der Waals surface area contributed by atoms with Crippen molar-refractivity contribution in [2.24, 2.45) is 4.99 Å². The number of carbonyl (C=O) groups is 1. The summed E-state index contributed by atoms with van der Waals surface area (Å²) in [7, 11) is 0. The van der Waals surface area contributed by atoms with Crippen molar-refractivity contribution in [2.45, 2.75) is 0 Å². The molecule has 0 radical (unpaired) electrons. The molecule has 3 aromatic rings. The highest BCUT2D eigenvalue weighted by Gasteiger charge is 2.36. The Hall–Kier alpha value is -3.56. The molecule has 1 amide bonds. The summed E-state index contributed by atoms with van der Waals surface area (Å²) in [5.74, 6) is -11.7. The maximum Gasteiger partial charge on any atom is 0.280 e. The van der Waals surface area contributed by atoms with Crippen LogP contribution in [0, 0.1) is 34.9 Å². The Balaban J connectivity index is 1.94. The van der Waals surface area contributed by atoms with E-state index in [1.165, 1.54) is 0 Å². The number of hydrogen-bond donors (Lipinski definition) is 2. The lowest BCUT2D eigenvalue weighted by Gasteiger charge is -2.04. The minimum absolute atomic E-state index is 0.408. The van der Waals surface area contributed by atoms with Crippen molar-refractivity contribution in [1.82, 2.24) is 4.98 Å². The molecule has 0 unspecified atom stereocenters. The molecule has 0 bridgehead atoms. The van der Waals surface area contributed by atoms with Crippen LogP contribution in [-0.4, -0.2) is 21.7 Å². The van der Waals surface area contributed by atoms with Gasteiger partial charge < -0.3 is 10.1 Å². The van der Waals surface area contributed by atoms with Crippen LogP contribution in [0.1, 0.15) is 21.5 Å². The molecule has 0 atom stereocenters. The van der Waals surface area contributed by atoms with Crippen LogP contribution < -0.4 is 0 Å². The number of fused-ring (bicyclic) bond motifs is 1. The molecular weight excluding hydrogens is 390 g/mol. The number of aromatic nitrogens is 1. The fraction of sp³-hybridized carbons (Fsp3) is 0. The first kappa shape index (κ1) is 17.8. The quantitative estimate of drug-likeness (QED) is 0.504. The first-order valence-corrected chi connectivity index (χ1v) is 7.58. The molecule has 142 valence electrons. The monoisotopic (exact) mass is 396 g/mol. The van der Waals surface area contributed by atoms with Crippen LogP contribution in [0.5, 0.6) is 5.88 Å². The molecule has 0 aliphatic carbocycles. The zero-order valence-corrected chi connectivity index (χ0v) is 13.4. The van der Waals surface area contributed by atoms with Crippen LogP contribution >= 0.6 is 0 Å². The zero-order valence-electron chi connectivity index (χ0n) is 13.4. The molecule has 0 fully saturated rings. The van der Waals surface area contributed by atoms with Crippen molar-refractivity contribution in [3.05, 3.63) is 75.9 Å². The summed E-state index contributed by atoms with van der Waals surface area (Å²) in [4.78, 5) is 18.0. The highest BCUT2D eigenvalue weighted by atomic mass is 19.2. The van der Waals surface area contributed by atoms with Gasteiger partial charge in [-0.25, -0.2) is 31.3 Å². The number of amides is 1. The Morgan fingerprint density at radius 3 is 1.89 bits per heavy atom. The summed E-state index contributed by atoms with van der Waals surface area (Å²) in [6, 6.07) is 2.83. The molecule has 2 N–H and O–H groups in total. The molecule has 28 heavy (non-hydrogen) atoms. The third kappa shape index (κ3) is 2.34. The molecule has 4 rings (SSSR count). The number of halogens is 6. The van der Waals surface area contributed by atoms with E-state index in [1.54, 1.807) is 0 Å². The van der Waals surface area contributed by atoms with Crippen molar-refractivity contribution in [3.63, 3.8) is 0 Å². The van der Waals surface area contributed by atoms with Gasteiger partial charge in [-0.1, -0.05) is 0 Å². The number of carbonyl (C=O) groups excluding carboxylic acids is 1. The molecule has 4 nitrogen and oxygen atoms in total. The van der Waals surface area contributed by atoms with Crippen LogP contribution in [0.4, 0.5) is 26.3 Å². The summed E-state index contributed by atoms with van der Waals surface area (Å²) < 4.78 is 81.6. The number of aromatic hydroxyl groups is 1. The summed E-state index contributed by atoms with van der Waals surface area (Å²) in [6.07, 6.45) is 0. The number of H-pyrrole nitrogens is 1. The molecule has 1 aliphatic heterocycles. The molecule has 2 aromatic carbocycles. The van der Waals surface area contributed by atoms with E-state index in [0.717, 1.165) is 12.1 Å². The molecule has 10 heteroatoms. The lowest BCUT2D eigenvalue weighted by molar-refractivity contribution is 0.101. The fourth-order valence-electron chi connectivity index (χ4n) is 2.97. The third-order valence-corrected chi connectivity index (χ3v) is 4.24. The maximum atomic E-state index is 14.1. The molecule has 2 heterocycles. The highest BCUT2D eigenvalue weighted by molar-refractivity contribution is 6.30. The van der Waals surface area contributed by atoms with Crippen molar-refractivity contribution < 1.29 is 36.2 Å². The SMILES string of the molecule is O=C1N=C(c2ccc(F)c(F)c2F)c2c(O)[nH]c(-c3ccc(F)c(F)c3F)c21. The van der Waals surface area contributed by atoms with Crippen LogP contribution in [0.15, 0.2) is 29.3 Å². The topological polar surface area (TPSA) is 65.4 Å². The van der Waals surface area contributed by atoms with Crippen LogP contribution in [-0.2, 0) is 0 Å². The smallest absolute Gasteiger partial charge is 0.280 e. The maximum absolute atomic E-state index is 14.1. The van der Waals surface area contributed by atoms with Gasteiger partial charge in [0.05, 0.1) is 22.5 Å². The van der Waals surface area contributed by atoms with E-state index < -0.39 is 80.3 Å². The number of aromatic amines is 1. The summed E-state index contributed by atoms with van der Waals surface area (Å²) >= 11 is 0. The zero-order chi connectivity index (χ0) is 20.3. The van der Waals surface area contributed by atoms with Gasteiger partial charge in [0.25, 0.3) is 5.91 Å². The van der Waals surface area contributed by atoms with E-state index in [4.69, 9.17) is 0 Å². The minimum Gasteiger partial charge on any atom is -0.494 e. The standard InChI is InChI=1S/C18H6F6N2O2/c19-7-3-1-5(11(21)13(7)23)15-9-10(18(28)25-15)16(26-17(9)27)6-2-4-8(20)14(24)12(6)22/h1-4,25,28H. The number of nitrogens with zero attached hydrogens (tertiary/aromatic N) is 1. The lowest BCUT2D eigenvalue weighted by atomic mass is 9.99. The molecule has 0 saturated heterocycles. The molecular formula is C18H6F6N2O2. The van der Waals surface area contributed by atoms with Crippen molar-refractivity contribution in [2.75, 3.05) is 0 Å². The predicted octanol–water partition coefficient (Wildman–Crippen LogP) is 4.21. The number of benzene rings is 2. The lowest BCUT2D eigenvalue weighted by Crippen LogP contribution is -2.06. The molecule has 0 spiro atoms. The van der Waals surface area contributed by atoms with Gasteiger partial charge in [0, 0.05) is 11.1 Å². The van der Waals surface area contributed by atoms with Gasteiger partial charge in [0.2, 0.25) is 0 Å². The van der Waals surface area contributed by atoms with Gasteiger partial charge in [-0.15, -0.1) is 0 Å². The summed E-state index contributed by atoms with van der Waals surface area (Å²) in [5, 5.41) is 10.1. The Morgan fingerprint density at radius 2 is 1.29 bits per heavy atom. The Labute approximate surface area is 151 Å². The van der Waals surface area contributed by atoms with E-state index in [2.05, 4.69) is 9.98 Å². The average Bonchev–Trinajstić information content (AvgIpc) is 3.17. The molecule has 1 aromatic heterocycles. The van der Waals surface area contributed by atoms with Crippen LogP contribution in [0.3, 0.4) is 0 Å².